The highest BCUT2D eigenvalue weighted by Gasteiger charge is 2.20. The summed E-state index contributed by atoms with van der Waals surface area (Å²) in [6, 6.07) is 4.19. The van der Waals surface area contributed by atoms with Gasteiger partial charge in [-0.05, 0) is 25.0 Å². The maximum Gasteiger partial charge on any atom is 0.227 e. The van der Waals surface area contributed by atoms with Crippen molar-refractivity contribution >= 4 is 17.4 Å². The van der Waals surface area contributed by atoms with E-state index in [1.165, 1.54) is 18.2 Å². The Hall–Kier alpha value is -2.11. The van der Waals surface area contributed by atoms with E-state index in [0.29, 0.717) is 0 Å². The minimum atomic E-state index is -0.648. The van der Waals surface area contributed by atoms with Crippen molar-refractivity contribution in [1.82, 2.24) is 0 Å². The molecule has 0 aliphatic carbocycles. The fourth-order valence-corrected chi connectivity index (χ4v) is 2.28. The molecule has 0 atom stereocenters. The highest BCUT2D eigenvalue weighted by molar-refractivity contribution is 6.06. The van der Waals surface area contributed by atoms with Crippen LogP contribution in [0, 0.1) is 11.7 Å². The summed E-state index contributed by atoms with van der Waals surface area (Å²) in [6.07, 6.45) is 3.34. The fourth-order valence-electron chi connectivity index (χ4n) is 2.28. The Bertz CT molecular complexity index is 512. The van der Waals surface area contributed by atoms with E-state index in [4.69, 9.17) is 10.9 Å². The lowest BCUT2D eigenvalue weighted by atomic mass is 9.97. The number of anilines is 1. The Morgan fingerprint density at radius 3 is 2.52 bits per heavy atom. The summed E-state index contributed by atoms with van der Waals surface area (Å²) in [5.74, 6) is -1.31. The highest BCUT2D eigenvalue weighted by atomic mass is 19.1. The lowest BCUT2D eigenvalue weighted by Gasteiger charge is -2.17. The van der Waals surface area contributed by atoms with Crippen LogP contribution in [-0.2, 0) is 4.79 Å². The van der Waals surface area contributed by atoms with Crippen molar-refractivity contribution in [2.45, 2.75) is 39.5 Å². The Balaban J connectivity index is 3.01. The quantitative estimate of drug-likeness (QED) is 0.312. The van der Waals surface area contributed by atoms with Gasteiger partial charge in [0.1, 0.15) is 5.82 Å². The second kappa shape index (κ2) is 8.24. The number of carbonyl (C=O) groups excluding carboxylic acids is 1. The van der Waals surface area contributed by atoms with Gasteiger partial charge in [0.2, 0.25) is 5.91 Å². The maximum atomic E-state index is 13.8. The molecular formula is C15H22FN3O2. The Kier molecular flexibility index (Phi) is 6.65. The Labute approximate surface area is 124 Å². The monoisotopic (exact) mass is 295 g/mol. The van der Waals surface area contributed by atoms with Crippen LogP contribution in [0.25, 0.3) is 0 Å². The third-order valence-electron chi connectivity index (χ3n) is 3.28. The normalized spacial score (nSPS) is 11.7. The van der Waals surface area contributed by atoms with Crippen molar-refractivity contribution < 1.29 is 14.4 Å². The SMILES string of the molecule is CCCC(CCC)C(=O)Nc1cccc(F)c1/C(N)=N/O. The van der Waals surface area contributed by atoms with E-state index in [0.717, 1.165) is 25.7 Å². The van der Waals surface area contributed by atoms with E-state index in [1.54, 1.807) is 0 Å². The topological polar surface area (TPSA) is 87.7 Å². The number of hydrogen-bond donors (Lipinski definition) is 3. The van der Waals surface area contributed by atoms with E-state index in [9.17, 15) is 9.18 Å². The standard InChI is InChI=1S/C15H22FN3O2/c1-3-6-10(7-4-2)15(20)18-12-9-5-8-11(16)13(12)14(17)19-21/h5,8-10,21H,3-4,6-7H2,1-2H3,(H2,17,19)(H,18,20). The molecule has 0 aliphatic rings. The van der Waals surface area contributed by atoms with Crippen molar-refractivity contribution in [2.24, 2.45) is 16.8 Å². The molecule has 0 bridgehead atoms. The predicted octanol–water partition coefficient (Wildman–Crippen LogP) is 3.08. The third-order valence-corrected chi connectivity index (χ3v) is 3.28. The van der Waals surface area contributed by atoms with Gasteiger partial charge >= 0.3 is 0 Å². The number of nitrogens with zero attached hydrogens (tertiary/aromatic N) is 1. The van der Waals surface area contributed by atoms with E-state index >= 15 is 0 Å². The van der Waals surface area contributed by atoms with Crippen LogP contribution >= 0.6 is 0 Å². The first kappa shape index (κ1) is 16.9. The molecule has 0 heterocycles. The minimum Gasteiger partial charge on any atom is -0.409 e. The number of nitrogens with one attached hydrogen (secondary N) is 1. The molecule has 0 unspecified atom stereocenters. The maximum absolute atomic E-state index is 13.8. The van der Waals surface area contributed by atoms with E-state index < -0.39 is 5.82 Å². The minimum absolute atomic E-state index is 0.0971. The lowest BCUT2D eigenvalue weighted by Crippen LogP contribution is -2.25. The second-order valence-electron chi connectivity index (χ2n) is 4.91. The number of halogens is 1. The van der Waals surface area contributed by atoms with Gasteiger partial charge in [-0.3, -0.25) is 4.79 Å². The summed E-state index contributed by atoms with van der Waals surface area (Å²) in [5, 5.41) is 14.2. The average molecular weight is 295 g/mol. The number of nitrogens with two attached hydrogens (primary N) is 1. The predicted molar refractivity (Wildman–Crippen MR) is 80.8 cm³/mol. The van der Waals surface area contributed by atoms with Gasteiger partial charge in [0.15, 0.2) is 5.84 Å². The number of amidine groups is 1. The first-order valence-corrected chi connectivity index (χ1v) is 7.12. The first-order chi connectivity index (χ1) is 10.0. The zero-order valence-corrected chi connectivity index (χ0v) is 12.4. The van der Waals surface area contributed by atoms with Crippen LogP contribution in [0.5, 0.6) is 0 Å². The summed E-state index contributed by atoms with van der Waals surface area (Å²) >= 11 is 0. The van der Waals surface area contributed by atoms with Gasteiger partial charge in [0, 0.05) is 5.92 Å². The number of hydrogen-bond acceptors (Lipinski definition) is 3. The zero-order valence-electron chi connectivity index (χ0n) is 12.4. The first-order valence-electron chi connectivity index (χ1n) is 7.12. The molecule has 0 fully saturated rings. The molecule has 0 saturated carbocycles. The van der Waals surface area contributed by atoms with Crippen LogP contribution in [-0.4, -0.2) is 17.0 Å². The van der Waals surface area contributed by atoms with Crippen LogP contribution in [0.15, 0.2) is 23.4 Å². The largest absolute Gasteiger partial charge is 0.409 e. The van der Waals surface area contributed by atoms with Crippen molar-refractivity contribution in [2.75, 3.05) is 5.32 Å². The summed E-state index contributed by atoms with van der Waals surface area (Å²) in [7, 11) is 0. The van der Waals surface area contributed by atoms with Crippen LogP contribution in [0.4, 0.5) is 10.1 Å². The van der Waals surface area contributed by atoms with Gasteiger partial charge in [-0.2, -0.15) is 0 Å². The Morgan fingerprint density at radius 2 is 2.00 bits per heavy atom. The number of carbonyl (C=O) groups is 1. The van der Waals surface area contributed by atoms with Crippen molar-refractivity contribution in [3.63, 3.8) is 0 Å². The number of rotatable bonds is 7. The summed E-state index contributed by atoms with van der Waals surface area (Å²) in [4.78, 5) is 12.3. The van der Waals surface area contributed by atoms with E-state index in [2.05, 4.69) is 10.5 Å². The molecule has 0 saturated heterocycles. The van der Waals surface area contributed by atoms with Gasteiger partial charge in [-0.1, -0.05) is 37.9 Å². The van der Waals surface area contributed by atoms with Crippen LogP contribution in [0.2, 0.25) is 0 Å². The van der Waals surface area contributed by atoms with Crippen molar-refractivity contribution in [3.05, 3.63) is 29.6 Å². The molecule has 6 heteroatoms. The van der Waals surface area contributed by atoms with Gasteiger partial charge in [0.25, 0.3) is 0 Å². The molecule has 0 radical (unpaired) electrons. The van der Waals surface area contributed by atoms with Crippen LogP contribution < -0.4 is 11.1 Å². The van der Waals surface area contributed by atoms with Gasteiger partial charge in [-0.15, -0.1) is 0 Å². The van der Waals surface area contributed by atoms with Crippen molar-refractivity contribution in [3.8, 4) is 0 Å². The molecule has 0 spiro atoms. The smallest absolute Gasteiger partial charge is 0.227 e. The average Bonchev–Trinajstić information content (AvgIpc) is 2.46. The molecule has 5 nitrogen and oxygen atoms in total. The molecule has 116 valence electrons. The van der Waals surface area contributed by atoms with E-state index in [-0.39, 0.29) is 28.9 Å². The molecule has 1 rings (SSSR count). The highest BCUT2D eigenvalue weighted by Crippen LogP contribution is 2.22. The molecule has 4 N–H and O–H groups in total. The number of oxime groups is 1. The number of amides is 1. The number of benzene rings is 1. The Morgan fingerprint density at radius 1 is 1.38 bits per heavy atom. The molecular weight excluding hydrogens is 273 g/mol. The second-order valence-corrected chi connectivity index (χ2v) is 4.91. The van der Waals surface area contributed by atoms with Gasteiger partial charge < -0.3 is 16.3 Å². The van der Waals surface area contributed by atoms with Crippen molar-refractivity contribution in [1.29, 1.82) is 0 Å². The molecule has 1 aromatic rings. The van der Waals surface area contributed by atoms with Crippen LogP contribution in [0.1, 0.15) is 45.1 Å². The van der Waals surface area contributed by atoms with Crippen LogP contribution in [0.3, 0.4) is 0 Å². The lowest BCUT2D eigenvalue weighted by molar-refractivity contribution is -0.120. The van der Waals surface area contributed by atoms with Gasteiger partial charge in [-0.25, -0.2) is 4.39 Å². The summed E-state index contributed by atoms with van der Waals surface area (Å²) in [5.41, 5.74) is 5.59. The molecule has 1 aromatic carbocycles. The summed E-state index contributed by atoms with van der Waals surface area (Å²) < 4.78 is 13.8. The summed E-state index contributed by atoms with van der Waals surface area (Å²) in [6.45, 7) is 4.03. The molecule has 0 aliphatic heterocycles. The van der Waals surface area contributed by atoms with Gasteiger partial charge in [0.05, 0.1) is 11.3 Å². The molecule has 1 amide bonds. The fraction of sp³-hybridized carbons (Fsp3) is 0.467. The third kappa shape index (κ3) is 4.44. The van der Waals surface area contributed by atoms with E-state index in [1.807, 2.05) is 13.8 Å². The zero-order chi connectivity index (χ0) is 15.8. The molecule has 21 heavy (non-hydrogen) atoms. The molecule has 0 aromatic heterocycles.